The molecule has 0 radical (unpaired) electrons. The van der Waals surface area contributed by atoms with Crippen molar-refractivity contribution in [2.24, 2.45) is 0 Å². The van der Waals surface area contributed by atoms with Crippen molar-refractivity contribution in [1.29, 1.82) is 0 Å². The maximum atomic E-state index is 13.0. The van der Waals surface area contributed by atoms with Crippen LogP contribution in [0.2, 0.25) is 0 Å². The number of hydrogen-bond acceptors (Lipinski definition) is 3. The lowest BCUT2D eigenvalue weighted by atomic mass is 10.2. The number of alkyl halides is 1. The second kappa shape index (κ2) is 4.55. The fraction of sp³-hybridized carbons (Fsp3) is 0.111. The molecule has 0 fully saturated rings. The van der Waals surface area contributed by atoms with Crippen molar-refractivity contribution in [2.75, 3.05) is 0 Å². The molecule has 0 aliphatic heterocycles. The van der Waals surface area contributed by atoms with E-state index in [0.717, 1.165) is 9.48 Å². The predicted octanol–water partition coefficient (Wildman–Crippen LogP) is 3.85. The Morgan fingerprint density at radius 2 is 2.20 bits per heavy atom. The van der Waals surface area contributed by atoms with Crippen molar-refractivity contribution >= 4 is 38.9 Å². The van der Waals surface area contributed by atoms with Gasteiger partial charge in [-0.1, -0.05) is 27.3 Å². The Balaban J connectivity index is 2.48. The third-order valence-electron chi connectivity index (χ3n) is 1.74. The molecule has 6 heteroatoms. The van der Waals surface area contributed by atoms with Gasteiger partial charge in [0, 0.05) is 10.0 Å². The molecule has 78 valence electrons. The molecule has 1 aromatic carbocycles. The second-order valence-electron chi connectivity index (χ2n) is 2.76. The van der Waals surface area contributed by atoms with Crippen molar-refractivity contribution in [3.63, 3.8) is 0 Å². The minimum atomic E-state index is -0.296. The van der Waals surface area contributed by atoms with E-state index in [2.05, 4.69) is 26.1 Å². The van der Waals surface area contributed by atoms with Crippen molar-refractivity contribution in [1.82, 2.24) is 10.2 Å². The summed E-state index contributed by atoms with van der Waals surface area (Å²) in [7, 11) is 0. The summed E-state index contributed by atoms with van der Waals surface area (Å²) in [5, 5.41) is 9.21. The number of rotatable bonds is 2. The van der Waals surface area contributed by atoms with Gasteiger partial charge in [0.05, 0.1) is 5.88 Å². The number of hydrogen-bond donors (Lipinski definition) is 0. The molecule has 0 N–H and O–H groups in total. The van der Waals surface area contributed by atoms with Crippen LogP contribution in [0.5, 0.6) is 0 Å². The quantitative estimate of drug-likeness (QED) is 0.788. The average molecular weight is 308 g/mol. The zero-order valence-corrected chi connectivity index (χ0v) is 10.5. The van der Waals surface area contributed by atoms with Gasteiger partial charge in [0.15, 0.2) is 0 Å². The van der Waals surface area contributed by atoms with E-state index in [1.807, 2.05) is 0 Å². The Morgan fingerprint density at radius 1 is 1.40 bits per heavy atom. The molecule has 0 aliphatic carbocycles. The molecule has 0 saturated heterocycles. The average Bonchev–Trinajstić information content (AvgIpc) is 2.70. The van der Waals surface area contributed by atoms with Gasteiger partial charge in [-0.2, -0.15) is 0 Å². The van der Waals surface area contributed by atoms with Gasteiger partial charge >= 0.3 is 0 Å². The standard InChI is InChI=1S/C9H5BrClFN2S/c10-7-2-1-5(12)3-6(7)9-14-13-8(4-11)15-9/h1-3H,4H2. The largest absolute Gasteiger partial charge is 0.207 e. The van der Waals surface area contributed by atoms with Gasteiger partial charge in [-0.25, -0.2) is 4.39 Å². The van der Waals surface area contributed by atoms with Gasteiger partial charge in [-0.3, -0.25) is 0 Å². The second-order valence-corrected chi connectivity index (χ2v) is 4.94. The summed E-state index contributed by atoms with van der Waals surface area (Å²) >= 11 is 10.3. The highest BCUT2D eigenvalue weighted by Crippen LogP contribution is 2.31. The maximum Gasteiger partial charge on any atom is 0.149 e. The van der Waals surface area contributed by atoms with E-state index in [-0.39, 0.29) is 5.82 Å². The molecule has 0 saturated carbocycles. The molecule has 1 aromatic heterocycles. The van der Waals surface area contributed by atoms with Crippen LogP contribution >= 0.6 is 38.9 Å². The molecule has 1 heterocycles. The molecule has 15 heavy (non-hydrogen) atoms. The molecule has 0 amide bonds. The first-order valence-corrected chi connectivity index (χ1v) is 6.19. The molecule has 2 nitrogen and oxygen atoms in total. The summed E-state index contributed by atoms with van der Waals surface area (Å²) in [6, 6.07) is 4.45. The SMILES string of the molecule is Fc1ccc(Br)c(-c2nnc(CCl)s2)c1. The predicted molar refractivity (Wildman–Crippen MR) is 62.6 cm³/mol. The Hall–Kier alpha value is -0.520. The van der Waals surface area contributed by atoms with E-state index in [1.54, 1.807) is 6.07 Å². The molecular formula is C9H5BrClFN2S. The maximum absolute atomic E-state index is 13.0. The van der Waals surface area contributed by atoms with Gasteiger partial charge in [0.25, 0.3) is 0 Å². The van der Waals surface area contributed by atoms with E-state index in [0.29, 0.717) is 16.5 Å². The fourth-order valence-electron chi connectivity index (χ4n) is 1.08. The molecule has 0 spiro atoms. The zero-order chi connectivity index (χ0) is 10.8. The zero-order valence-electron chi connectivity index (χ0n) is 7.38. The number of halogens is 3. The van der Waals surface area contributed by atoms with Crippen molar-refractivity contribution < 1.29 is 4.39 Å². The van der Waals surface area contributed by atoms with Crippen LogP contribution in [0.1, 0.15) is 5.01 Å². The highest BCUT2D eigenvalue weighted by Gasteiger charge is 2.10. The Morgan fingerprint density at radius 3 is 2.87 bits per heavy atom. The lowest BCUT2D eigenvalue weighted by Crippen LogP contribution is -1.81. The third kappa shape index (κ3) is 2.35. The summed E-state index contributed by atoms with van der Waals surface area (Å²) in [6.45, 7) is 0. The molecule has 0 unspecified atom stereocenters. The molecule has 0 atom stereocenters. The lowest BCUT2D eigenvalue weighted by molar-refractivity contribution is 0.628. The molecule has 2 rings (SSSR count). The van der Waals surface area contributed by atoms with Crippen LogP contribution in [0.25, 0.3) is 10.6 Å². The summed E-state index contributed by atoms with van der Waals surface area (Å²) in [6.07, 6.45) is 0. The van der Waals surface area contributed by atoms with Gasteiger partial charge in [-0.15, -0.1) is 21.8 Å². The van der Waals surface area contributed by atoms with E-state index in [4.69, 9.17) is 11.6 Å². The van der Waals surface area contributed by atoms with Crippen LogP contribution in [0, 0.1) is 5.82 Å². The smallest absolute Gasteiger partial charge is 0.149 e. The number of nitrogens with zero attached hydrogens (tertiary/aromatic N) is 2. The van der Waals surface area contributed by atoms with Crippen molar-refractivity contribution in [2.45, 2.75) is 5.88 Å². The van der Waals surface area contributed by atoms with Crippen LogP contribution in [-0.2, 0) is 5.88 Å². The summed E-state index contributed by atoms with van der Waals surface area (Å²) in [5.41, 5.74) is 0.698. The number of aromatic nitrogens is 2. The highest BCUT2D eigenvalue weighted by molar-refractivity contribution is 9.10. The van der Waals surface area contributed by atoms with Crippen molar-refractivity contribution in [3.05, 3.63) is 33.5 Å². The fourth-order valence-corrected chi connectivity index (χ4v) is 2.58. The van der Waals surface area contributed by atoms with E-state index in [1.165, 1.54) is 23.5 Å². The molecule has 2 aromatic rings. The minimum Gasteiger partial charge on any atom is -0.207 e. The van der Waals surface area contributed by atoms with Crippen LogP contribution in [0.3, 0.4) is 0 Å². The van der Waals surface area contributed by atoms with Gasteiger partial charge in [0.2, 0.25) is 0 Å². The molecule has 0 bridgehead atoms. The lowest BCUT2D eigenvalue weighted by Gasteiger charge is -1.98. The highest BCUT2D eigenvalue weighted by atomic mass is 79.9. The van der Waals surface area contributed by atoms with Gasteiger partial charge < -0.3 is 0 Å². The first kappa shape index (κ1) is 11.0. The van der Waals surface area contributed by atoms with Gasteiger partial charge in [0.1, 0.15) is 15.8 Å². The van der Waals surface area contributed by atoms with Crippen molar-refractivity contribution in [3.8, 4) is 10.6 Å². The monoisotopic (exact) mass is 306 g/mol. The first-order valence-electron chi connectivity index (χ1n) is 4.04. The molecule has 0 aliphatic rings. The third-order valence-corrected chi connectivity index (χ3v) is 3.80. The van der Waals surface area contributed by atoms with E-state index < -0.39 is 0 Å². The first-order chi connectivity index (χ1) is 7.20. The Bertz CT molecular complexity index is 489. The summed E-state index contributed by atoms with van der Waals surface area (Å²) < 4.78 is 13.8. The Labute approximate surface area is 103 Å². The van der Waals surface area contributed by atoms with Gasteiger partial charge in [-0.05, 0) is 18.2 Å². The van der Waals surface area contributed by atoms with E-state index in [9.17, 15) is 4.39 Å². The van der Waals surface area contributed by atoms with Crippen LogP contribution in [0.4, 0.5) is 4.39 Å². The van der Waals surface area contributed by atoms with Crippen LogP contribution in [-0.4, -0.2) is 10.2 Å². The number of benzene rings is 1. The normalized spacial score (nSPS) is 10.6. The summed E-state index contributed by atoms with van der Waals surface area (Å²) in [5.74, 6) is 0.0285. The van der Waals surface area contributed by atoms with E-state index >= 15 is 0 Å². The summed E-state index contributed by atoms with van der Waals surface area (Å²) in [4.78, 5) is 0. The Kier molecular flexibility index (Phi) is 3.33. The minimum absolute atomic E-state index is 0.296. The molecular weight excluding hydrogens is 303 g/mol. The van der Waals surface area contributed by atoms with Crippen LogP contribution < -0.4 is 0 Å². The van der Waals surface area contributed by atoms with Crippen LogP contribution in [0.15, 0.2) is 22.7 Å². The topological polar surface area (TPSA) is 25.8 Å².